The second-order valence-corrected chi connectivity index (χ2v) is 9.62. The Balaban J connectivity index is 1.74. The Morgan fingerprint density at radius 2 is 1.18 bits per heavy atom. The van der Waals surface area contributed by atoms with Gasteiger partial charge in [-0.2, -0.15) is 0 Å². The highest BCUT2D eigenvalue weighted by Crippen LogP contribution is 2.53. The molecule has 2 heterocycles. The molecule has 0 spiro atoms. The second kappa shape index (κ2) is 12.6. The van der Waals surface area contributed by atoms with Gasteiger partial charge in [0.05, 0.1) is 53.9 Å². The quantitative estimate of drug-likeness (QED) is 0.235. The predicted octanol–water partition coefficient (Wildman–Crippen LogP) is 0.625. The predicted molar refractivity (Wildman–Crippen MR) is 137 cm³/mol. The second-order valence-electron chi connectivity index (χ2n) is 9.62. The Morgan fingerprint density at radius 1 is 0.725 bits per heavy atom. The molecule has 13 heteroatoms. The molecule has 0 amide bonds. The van der Waals surface area contributed by atoms with Gasteiger partial charge in [-0.3, -0.25) is 0 Å². The van der Waals surface area contributed by atoms with Crippen LogP contribution in [0.2, 0.25) is 0 Å². The zero-order chi connectivity index (χ0) is 29.1. The minimum absolute atomic E-state index is 0.102. The number of hydrogen-bond acceptors (Lipinski definition) is 13. The van der Waals surface area contributed by atoms with E-state index in [1.54, 1.807) is 24.3 Å². The Kier molecular flexibility index (Phi) is 9.46. The molecule has 2 fully saturated rings. The number of hydrogen-bond donors (Lipinski definition) is 6. The molecular weight excluding hydrogens is 532 g/mol. The summed E-state index contributed by atoms with van der Waals surface area (Å²) in [6.45, 7) is -0.684. The molecule has 6 N–H and O–H groups in total. The van der Waals surface area contributed by atoms with E-state index in [0.717, 1.165) is 0 Å². The number of phenols is 2. The molecule has 2 aliphatic rings. The van der Waals surface area contributed by atoms with Crippen LogP contribution in [0.15, 0.2) is 24.3 Å². The van der Waals surface area contributed by atoms with Gasteiger partial charge in [-0.15, -0.1) is 0 Å². The SMILES string of the molecule is COc1cc([C@H]2O[C@H](c3cc(OC)c(O)c(OC)c3)[C@@H](CO[C@@H]3OC[C@@H](O)[C@H](O)[C@H]3O)[C@@H]2CO)cc(OC)c1O. The van der Waals surface area contributed by atoms with E-state index >= 15 is 0 Å². The lowest BCUT2D eigenvalue weighted by Crippen LogP contribution is -2.54. The summed E-state index contributed by atoms with van der Waals surface area (Å²) in [7, 11) is 5.58. The molecule has 2 saturated heterocycles. The van der Waals surface area contributed by atoms with Gasteiger partial charge in [0.2, 0.25) is 11.5 Å². The number of aromatic hydroxyl groups is 2. The van der Waals surface area contributed by atoms with Crippen molar-refractivity contribution in [2.24, 2.45) is 11.8 Å². The van der Waals surface area contributed by atoms with E-state index < -0.39 is 48.6 Å². The van der Waals surface area contributed by atoms with E-state index in [0.29, 0.717) is 11.1 Å². The number of aliphatic hydroxyl groups is 4. The fourth-order valence-corrected chi connectivity index (χ4v) is 5.19. The lowest BCUT2D eigenvalue weighted by atomic mass is 9.83. The largest absolute Gasteiger partial charge is 0.502 e. The minimum atomic E-state index is -1.51. The average molecular weight is 569 g/mol. The van der Waals surface area contributed by atoms with Crippen LogP contribution in [-0.4, -0.2) is 104 Å². The fourth-order valence-electron chi connectivity index (χ4n) is 5.19. The van der Waals surface area contributed by atoms with Crippen LogP contribution in [0.25, 0.3) is 0 Å². The molecule has 2 aromatic carbocycles. The van der Waals surface area contributed by atoms with Crippen molar-refractivity contribution in [1.82, 2.24) is 0 Å². The van der Waals surface area contributed by atoms with Crippen molar-refractivity contribution in [3.63, 3.8) is 0 Å². The van der Waals surface area contributed by atoms with Crippen molar-refractivity contribution in [2.75, 3.05) is 48.3 Å². The minimum Gasteiger partial charge on any atom is -0.502 e. The third-order valence-corrected chi connectivity index (χ3v) is 7.40. The highest BCUT2D eigenvalue weighted by molar-refractivity contribution is 5.55. The molecule has 0 aliphatic carbocycles. The summed E-state index contributed by atoms with van der Waals surface area (Å²) in [5.74, 6) is -0.994. The molecule has 40 heavy (non-hydrogen) atoms. The first-order valence-corrected chi connectivity index (χ1v) is 12.6. The zero-order valence-corrected chi connectivity index (χ0v) is 22.6. The molecule has 0 aromatic heterocycles. The van der Waals surface area contributed by atoms with Gasteiger partial charge < -0.3 is 63.8 Å². The summed E-state index contributed by atoms with van der Waals surface area (Å²) in [5.41, 5.74) is 1.09. The molecule has 222 valence electrons. The van der Waals surface area contributed by atoms with Crippen molar-refractivity contribution in [2.45, 2.75) is 36.8 Å². The van der Waals surface area contributed by atoms with E-state index in [4.69, 9.17) is 33.2 Å². The lowest BCUT2D eigenvalue weighted by molar-refractivity contribution is -0.274. The fraction of sp³-hybridized carbons (Fsp3) is 0.556. The van der Waals surface area contributed by atoms with Gasteiger partial charge in [-0.25, -0.2) is 0 Å². The molecule has 2 aromatic rings. The Morgan fingerprint density at radius 3 is 1.60 bits per heavy atom. The smallest absolute Gasteiger partial charge is 0.200 e. The van der Waals surface area contributed by atoms with Crippen LogP contribution in [0.1, 0.15) is 23.3 Å². The van der Waals surface area contributed by atoms with Crippen LogP contribution >= 0.6 is 0 Å². The van der Waals surface area contributed by atoms with Gasteiger partial charge in [0.1, 0.15) is 18.3 Å². The van der Waals surface area contributed by atoms with Gasteiger partial charge in [0.25, 0.3) is 0 Å². The van der Waals surface area contributed by atoms with E-state index in [-0.39, 0.29) is 54.3 Å². The van der Waals surface area contributed by atoms with Crippen LogP contribution in [0, 0.1) is 11.8 Å². The summed E-state index contributed by atoms with van der Waals surface area (Å²) in [6.07, 6.45) is -6.97. The molecule has 13 nitrogen and oxygen atoms in total. The van der Waals surface area contributed by atoms with Crippen molar-refractivity contribution in [1.29, 1.82) is 0 Å². The summed E-state index contributed by atoms with van der Waals surface area (Å²) in [4.78, 5) is 0. The van der Waals surface area contributed by atoms with E-state index in [9.17, 15) is 30.6 Å². The summed E-state index contributed by atoms with van der Waals surface area (Å²) in [5, 5.41) is 61.6. The van der Waals surface area contributed by atoms with Gasteiger partial charge in [-0.1, -0.05) is 0 Å². The average Bonchev–Trinajstić information content (AvgIpc) is 3.34. The molecule has 8 atom stereocenters. The Bertz CT molecular complexity index is 1110. The number of ether oxygens (including phenoxy) is 7. The van der Waals surface area contributed by atoms with Crippen LogP contribution in [0.5, 0.6) is 34.5 Å². The first-order chi connectivity index (χ1) is 19.2. The number of phenolic OH excluding ortho intramolecular Hbond substituents is 2. The molecule has 0 radical (unpaired) electrons. The van der Waals surface area contributed by atoms with E-state index in [1.807, 2.05) is 0 Å². The van der Waals surface area contributed by atoms with Crippen molar-refractivity contribution >= 4 is 0 Å². The third-order valence-electron chi connectivity index (χ3n) is 7.40. The topological polar surface area (TPSA) is 186 Å². The van der Waals surface area contributed by atoms with Crippen LogP contribution in [0.3, 0.4) is 0 Å². The van der Waals surface area contributed by atoms with E-state index in [2.05, 4.69) is 0 Å². The maximum Gasteiger partial charge on any atom is 0.200 e. The highest BCUT2D eigenvalue weighted by Gasteiger charge is 2.48. The maximum atomic E-state index is 10.6. The Labute approximate surface area is 231 Å². The standard InChI is InChI=1S/C27H36O13/c1-34-17-5-12(6-18(35-2)22(17)31)25-14(9-28)15(10-38-27-24(33)21(30)16(29)11-39-27)26(40-25)13-7-19(36-3)23(32)20(8-13)37-4/h5-8,14-16,21,24-33H,9-11H2,1-4H3/t14-,15-,16+,21-,24+,25+,26+,27+/m0/s1. The van der Waals surface area contributed by atoms with Crippen LogP contribution < -0.4 is 18.9 Å². The zero-order valence-electron chi connectivity index (χ0n) is 22.6. The molecule has 4 rings (SSSR count). The van der Waals surface area contributed by atoms with Gasteiger partial charge in [-0.05, 0) is 35.4 Å². The first-order valence-electron chi connectivity index (χ1n) is 12.6. The highest BCUT2D eigenvalue weighted by atomic mass is 16.7. The van der Waals surface area contributed by atoms with Crippen LogP contribution in [-0.2, 0) is 14.2 Å². The van der Waals surface area contributed by atoms with Gasteiger partial charge in [0, 0.05) is 18.4 Å². The number of methoxy groups -OCH3 is 4. The van der Waals surface area contributed by atoms with Crippen molar-refractivity contribution in [3.05, 3.63) is 35.4 Å². The monoisotopic (exact) mass is 568 g/mol. The van der Waals surface area contributed by atoms with E-state index in [1.165, 1.54) is 28.4 Å². The summed E-state index contributed by atoms with van der Waals surface area (Å²) < 4.78 is 39.0. The van der Waals surface area contributed by atoms with Crippen LogP contribution in [0.4, 0.5) is 0 Å². The Hall–Kier alpha value is -3.04. The third kappa shape index (κ3) is 5.59. The molecule has 0 unspecified atom stereocenters. The number of benzene rings is 2. The molecule has 2 aliphatic heterocycles. The molecular formula is C27H36O13. The number of rotatable bonds is 10. The van der Waals surface area contributed by atoms with Gasteiger partial charge >= 0.3 is 0 Å². The normalized spacial score (nSPS) is 30.2. The summed E-state index contributed by atoms with van der Waals surface area (Å²) in [6, 6.07) is 6.32. The van der Waals surface area contributed by atoms with Crippen molar-refractivity contribution < 1.29 is 63.8 Å². The first kappa shape index (κ1) is 29.9. The maximum absolute atomic E-state index is 10.6. The lowest BCUT2D eigenvalue weighted by Gasteiger charge is -2.36. The molecule has 0 bridgehead atoms. The van der Waals surface area contributed by atoms with Gasteiger partial charge in [0.15, 0.2) is 29.3 Å². The summed E-state index contributed by atoms with van der Waals surface area (Å²) >= 11 is 0. The van der Waals surface area contributed by atoms with Crippen molar-refractivity contribution in [3.8, 4) is 34.5 Å². The number of aliphatic hydroxyl groups excluding tert-OH is 4. The molecule has 0 saturated carbocycles.